The third-order valence-corrected chi connectivity index (χ3v) is 4.49. The van der Waals surface area contributed by atoms with Crippen LogP contribution < -0.4 is 5.32 Å². The van der Waals surface area contributed by atoms with Gasteiger partial charge >= 0.3 is 0 Å². The van der Waals surface area contributed by atoms with E-state index in [9.17, 15) is 0 Å². The molecule has 1 saturated heterocycles. The second-order valence-corrected chi connectivity index (χ2v) is 5.97. The summed E-state index contributed by atoms with van der Waals surface area (Å²) in [5, 5.41) is 8.03. The van der Waals surface area contributed by atoms with Crippen LogP contribution in [0.3, 0.4) is 0 Å². The zero-order chi connectivity index (χ0) is 13.2. The van der Waals surface area contributed by atoms with Gasteiger partial charge in [-0.25, -0.2) is 0 Å². The maximum absolute atomic E-state index is 5.97. The van der Waals surface area contributed by atoms with Gasteiger partial charge in [-0.05, 0) is 59.6 Å². The first kappa shape index (κ1) is 13.1. The van der Waals surface area contributed by atoms with Crippen LogP contribution in [0.15, 0.2) is 27.2 Å². The van der Waals surface area contributed by atoms with Crippen LogP contribution in [0.25, 0.3) is 11.4 Å². The summed E-state index contributed by atoms with van der Waals surface area (Å²) in [6.45, 7) is 2.11. The fraction of sp³-hybridized carbons (Fsp3) is 0.385. The van der Waals surface area contributed by atoms with Crippen LogP contribution in [0.4, 0.5) is 0 Å². The predicted molar refractivity (Wildman–Crippen MR) is 77.1 cm³/mol. The predicted octanol–water partition coefficient (Wildman–Crippen LogP) is 3.30. The van der Waals surface area contributed by atoms with Crippen molar-refractivity contribution in [1.29, 1.82) is 0 Å². The SMILES string of the molecule is Clc1ccc(-c2noc(CC3CCNC3)n2)cc1Br. The Hall–Kier alpha value is -0.910. The molecular weight excluding hydrogens is 330 g/mol. The molecule has 0 spiro atoms. The highest BCUT2D eigenvalue weighted by Gasteiger charge is 2.19. The van der Waals surface area contributed by atoms with E-state index >= 15 is 0 Å². The van der Waals surface area contributed by atoms with Crippen molar-refractivity contribution < 1.29 is 4.52 Å². The quantitative estimate of drug-likeness (QED) is 0.930. The minimum Gasteiger partial charge on any atom is -0.339 e. The molecule has 2 aromatic rings. The molecule has 0 saturated carbocycles. The molecule has 1 fully saturated rings. The van der Waals surface area contributed by atoms with Gasteiger partial charge < -0.3 is 9.84 Å². The van der Waals surface area contributed by atoms with Crippen molar-refractivity contribution in [3.8, 4) is 11.4 Å². The molecule has 0 aliphatic carbocycles. The molecule has 1 N–H and O–H groups in total. The van der Waals surface area contributed by atoms with Crippen molar-refractivity contribution in [2.24, 2.45) is 5.92 Å². The second-order valence-electron chi connectivity index (χ2n) is 4.70. The first-order valence-corrected chi connectivity index (χ1v) is 7.38. The lowest BCUT2D eigenvalue weighted by molar-refractivity contribution is 0.358. The minimum absolute atomic E-state index is 0.602. The average molecular weight is 343 g/mol. The Kier molecular flexibility index (Phi) is 3.86. The Morgan fingerprint density at radius 3 is 3.11 bits per heavy atom. The molecule has 0 radical (unpaired) electrons. The monoisotopic (exact) mass is 341 g/mol. The smallest absolute Gasteiger partial charge is 0.227 e. The second kappa shape index (κ2) is 5.61. The molecule has 1 atom stereocenters. The van der Waals surface area contributed by atoms with Gasteiger partial charge in [0.2, 0.25) is 11.7 Å². The Bertz CT molecular complexity index is 581. The van der Waals surface area contributed by atoms with Crippen LogP contribution in [-0.2, 0) is 6.42 Å². The molecule has 3 rings (SSSR count). The highest BCUT2D eigenvalue weighted by molar-refractivity contribution is 9.10. The number of nitrogens with zero attached hydrogens (tertiary/aromatic N) is 2. The average Bonchev–Trinajstić information content (AvgIpc) is 3.05. The lowest BCUT2D eigenvalue weighted by Crippen LogP contribution is -2.10. The molecule has 1 aliphatic rings. The largest absolute Gasteiger partial charge is 0.339 e. The zero-order valence-corrected chi connectivity index (χ0v) is 12.5. The maximum atomic E-state index is 5.97. The zero-order valence-electron chi connectivity index (χ0n) is 10.2. The number of hydrogen-bond donors (Lipinski definition) is 1. The van der Waals surface area contributed by atoms with Gasteiger partial charge in [0.05, 0.1) is 5.02 Å². The lowest BCUT2D eigenvalue weighted by atomic mass is 10.1. The molecule has 1 unspecified atom stereocenters. The Morgan fingerprint density at radius 2 is 2.37 bits per heavy atom. The number of rotatable bonds is 3. The molecule has 0 amide bonds. The van der Waals surface area contributed by atoms with E-state index in [0.717, 1.165) is 29.5 Å². The van der Waals surface area contributed by atoms with Gasteiger partial charge in [0.25, 0.3) is 0 Å². The van der Waals surface area contributed by atoms with E-state index in [1.165, 1.54) is 6.42 Å². The topological polar surface area (TPSA) is 51.0 Å². The van der Waals surface area contributed by atoms with Crippen molar-refractivity contribution in [2.75, 3.05) is 13.1 Å². The maximum Gasteiger partial charge on any atom is 0.227 e. The van der Waals surface area contributed by atoms with E-state index in [-0.39, 0.29) is 0 Å². The van der Waals surface area contributed by atoms with Crippen LogP contribution in [0.1, 0.15) is 12.3 Å². The summed E-state index contributed by atoms with van der Waals surface area (Å²) in [5.41, 5.74) is 0.899. The van der Waals surface area contributed by atoms with E-state index in [0.29, 0.717) is 22.7 Å². The lowest BCUT2D eigenvalue weighted by Gasteiger charge is -2.02. The molecular formula is C13H13BrClN3O. The van der Waals surface area contributed by atoms with Gasteiger partial charge in [-0.3, -0.25) is 0 Å². The molecule has 2 heterocycles. The van der Waals surface area contributed by atoms with Crippen LogP contribution in [0.5, 0.6) is 0 Å². The summed E-state index contributed by atoms with van der Waals surface area (Å²) in [5.74, 6) is 1.92. The van der Waals surface area contributed by atoms with E-state index in [1.54, 1.807) is 0 Å². The summed E-state index contributed by atoms with van der Waals surface area (Å²) in [7, 11) is 0. The van der Waals surface area contributed by atoms with Crippen molar-refractivity contribution in [3.63, 3.8) is 0 Å². The summed E-state index contributed by atoms with van der Waals surface area (Å²) in [6.07, 6.45) is 2.01. The molecule has 1 aliphatic heterocycles. The molecule has 1 aromatic heterocycles. The Morgan fingerprint density at radius 1 is 1.47 bits per heavy atom. The Labute approximate surface area is 124 Å². The van der Waals surface area contributed by atoms with Gasteiger partial charge in [0, 0.05) is 16.5 Å². The first-order valence-electron chi connectivity index (χ1n) is 6.21. The summed E-state index contributed by atoms with van der Waals surface area (Å²) < 4.78 is 6.15. The van der Waals surface area contributed by atoms with Gasteiger partial charge in [0.1, 0.15) is 0 Å². The van der Waals surface area contributed by atoms with Crippen LogP contribution >= 0.6 is 27.5 Å². The van der Waals surface area contributed by atoms with E-state index in [4.69, 9.17) is 16.1 Å². The van der Waals surface area contributed by atoms with Gasteiger partial charge in [-0.2, -0.15) is 4.98 Å². The molecule has 6 heteroatoms. The standard InChI is InChI=1S/C13H13BrClN3O/c14-10-6-9(1-2-11(10)15)13-17-12(19-18-13)5-8-3-4-16-7-8/h1-2,6,8,16H,3-5,7H2. The number of hydrogen-bond acceptors (Lipinski definition) is 4. The highest BCUT2D eigenvalue weighted by atomic mass is 79.9. The van der Waals surface area contributed by atoms with Crippen molar-refractivity contribution in [2.45, 2.75) is 12.8 Å². The van der Waals surface area contributed by atoms with E-state index < -0.39 is 0 Å². The normalized spacial score (nSPS) is 18.9. The third-order valence-electron chi connectivity index (χ3n) is 3.27. The number of halogens is 2. The minimum atomic E-state index is 0.602. The third kappa shape index (κ3) is 2.99. The Balaban J connectivity index is 1.78. The van der Waals surface area contributed by atoms with Crippen LogP contribution in [0, 0.1) is 5.92 Å². The highest BCUT2D eigenvalue weighted by Crippen LogP contribution is 2.27. The fourth-order valence-electron chi connectivity index (χ4n) is 2.23. The van der Waals surface area contributed by atoms with Crippen molar-refractivity contribution in [1.82, 2.24) is 15.5 Å². The molecule has 100 valence electrons. The number of nitrogens with one attached hydrogen (secondary N) is 1. The molecule has 19 heavy (non-hydrogen) atoms. The van der Waals surface area contributed by atoms with E-state index in [2.05, 4.69) is 31.4 Å². The number of aromatic nitrogens is 2. The van der Waals surface area contributed by atoms with Gasteiger partial charge in [-0.1, -0.05) is 16.8 Å². The van der Waals surface area contributed by atoms with Crippen molar-refractivity contribution in [3.05, 3.63) is 33.6 Å². The van der Waals surface area contributed by atoms with Crippen molar-refractivity contribution >= 4 is 27.5 Å². The van der Waals surface area contributed by atoms with Crippen LogP contribution in [-0.4, -0.2) is 23.2 Å². The van der Waals surface area contributed by atoms with Crippen LogP contribution in [0.2, 0.25) is 5.02 Å². The van der Waals surface area contributed by atoms with E-state index in [1.807, 2.05) is 18.2 Å². The summed E-state index contributed by atoms with van der Waals surface area (Å²) in [6, 6.07) is 5.60. The molecule has 1 aromatic carbocycles. The summed E-state index contributed by atoms with van der Waals surface area (Å²) >= 11 is 9.36. The van der Waals surface area contributed by atoms with Gasteiger partial charge in [0.15, 0.2) is 0 Å². The molecule has 4 nitrogen and oxygen atoms in total. The first-order chi connectivity index (χ1) is 9.22. The van der Waals surface area contributed by atoms with Gasteiger partial charge in [-0.15, -0.1) is 0 Å². The number of benzene rings is 1. The fourth-order valence-corrected chi connectivity index (χ4v) is 2.72. The summed E-state index contributed by atoms with van der Waals surface area (Å²) in [4.78, 5) is 4.45. The molecule has 0 bridgehead atoms.